The van der Waals surface area contributed by atoms with Crippen LogP contribution in [-0.2, 0) is 11.3 Å². The summed E-state index contributed by atoms with van der Waals surface area (Å²) in [4.78, 5) is 29.7. The number of carbonyl (C=O) groups is 2. The molecule has 1 aliphatic carbocycles. The molecule has 1 N–H and O–H groups in total. The first-order valence-corrected chi connectivity index (χ1v) is 12.1. The van der Waals surface area contributed by atoms with Gasteiger partial charge in [-0.05, 0) is 57.7 Å². The van der Waals surface area contributed by atoms with Crippen LogP contribution in [0.2, 0.25) is 0 Å². The minimum atomic E-state index is -1.06. The van der Waals surface area contributed by atoms with E-state index in [0.29, 0.717) is 17.8 Å². The molecule has 3 heterocycles. The van der Waals surface area contributed by atoms with E-state index in [1.54, 1.807) is 4.90 Å². The minimum absolute atomic E-state index is 0.0867. The van der Waals surface area contributed by atoms with Gasteiger partial charge in [-0.15, -0.1) is 0 Å². The first-order chi connectivity index (χ1) is 15.8. The third kappa shape index (κ3) is 3.65. The predicted molar refractivity (Wildman–Crippen MR) is 130 cm³/mol. The predicted octanol–water partition coefficient (Wildman–Crippen LogP) is 5.42. The van der Waals surface area contributed by atoms with Crippen molar-refractivity contribution in [1.82, 2.24) is 9.88 Å². The largest absolute Gasteiger partial charge is 0.460 e. The topological polar surface area (TPSA) is 67.5 Å². The van der Waals surface area contributed by atoms with Crippen LogP contribution in [0, 0.1) is 20.8 Å². The maximum atomic E-state index is 14.0. The molecule has 1 atom stereocenters. The number of benzene rings is 1. The quantitative estimate of drug-likeness (QED) is 0.545. The van der Waals surface area contributed by atoms with Crippen LogP contribution in [0.1, 0.15) is 72.8 Å². The highest BCUT2D eigenvalue weighted by Gasteiger charge is 2.49. The fourth-order valence-electron chi connectivity index (χ4n) is 5.50. The van der Waals surface area contributed by atoms with Gasteiger partial charge in [0.15, 0.2) is 5.58 Å². The summed E-state index contributed by atoms with van der Waals surface area (Å²) in [6.45, 7) is 8.19. The summed E-state index contributed by atoms with van der Waals surface area (Å²) >= 11 is 0. The van der Waals surface area contributed by atoms with E-state index in [0.717, 1.165) is 53.8 Å². The fraction of sp³-hybridized carbons (Fsp3) is 0.481. The van der Waals surface area contributed by atoms with E-state index in [4.69, 9.17) is 4.42 Å². The van der Waals surface area contributed by atoms with Crippen molar-refractivity contribution in [3.8, 4) is 0 Å². The molecule has 174 valence electrons. The number of anilines is 1. The molecule has 1 aliphatic heterocycles. The van der Waals surface area contributed by atoms with Gasteiger partial charge in [0.25, 0.3) is 5.91 Å². The molecule has 1 fully saturated rings. The van der Waals surface area contributed by atoms with Crippen molar-refractivity contribution in [2.75, 3.05) is 4.90 Å². The monoisotopic (exact) mass is 447 g/mol. The lowest BCUT2D eigenvalue weighted by Crippen LogP contribution is -2.65. The van der Waals surface area contributed by atoms with E-state index in [2.05, 4.69) is 5.32 Å². The van der Waals surface area contributed by atoms with Crippen molar-refractivity contribution in [1.29, 1.82) is 0 Å². The Labute approximate surface area is 194 Å². The van der Waals surface area contributed by atoms with E-state index in [1.807, 2.05) is 62.6 Å². The number of furan rings is 1. The molecule has 0 radical (unpaired) electrons. The molecule has 0 spiro atoms. The number of nitrogens with one attached hydrogen (secondary N) is 1. The summed E-state index contributed by atoms with van der Waals surface area (Å²) in [5.41, 5.74) is 3.87. The van der Waals surface area contributed by atoms with Crippen LogP contribution in [0.15, 0.2) is 34.7 Å². The Hall–Kier alpha value is -3.02. The number of amides is 2. The van der Waals surface area contributed by atoms with Gasteiger partial charge in [-0.2, -0.15) is 0 Å². The Bertz CT molecular complexity index is 1230. The summed E-state index contributed by atoms with van der Waals surface area (Å²) < 4.78 is 7.79. The molecule has 6 nitrogen and oxygen atoms in total. The Morgan fingerprint density at radius 2 is 1.79 bits per heavy atom. The third-order valence-corrected chi connectivity index (χ3v) is 7.38. The lowest BCUT2D eigenvalue weighted by Gasteiger charge is -2.45. The second-order valence-electron chi connectivity index (χ2n) is 10.1. The van der Waals surface area contributed by atoms with Crippen LogP contribution in [0.5, 0.6) is 0 Å². The number of hydrogen-bond acceptors (Lipinski definition) is 3. The minimum Gasteiger partial charge on any atom is -0.460 e. The van der Waals surface area contributed by atoms with Crippen LogP contribution in [-0.4, -0.2) is 28.0 Å². The summed E-state index contributed by atoms with van der Waals surface area (Å²) in [6, 6.07) is 9.99. The van der Waals surface area contributed by atoms with Gasteiger partial charge < -0.3 is 14.3 Å². The number of rotatable bonds is 3. The molecule has 0 saturated heterocycles. The average molecular weight is 448 g/mol. The zero-order valence-electron chi connectivity index (χ0n) is 20.0. The molecule has 33 heavy (non-hydrogen) atoms. The molecule has 3 aromatic rings. The zero-order valence-corrected chi connectivity index (χ0v) is 20.0. The van der Waals surface area contributed by atoms with Gasteiger partial charge in [0.05, 0.1) is 12.1 Å². The third-order valence-electron chi connectivity index (χ3n) is 7.38. The van der Waals surface area contributed by atoms with Gasteiger partial charge in [0.2, 0.25) is 5.91 Å². The molecule has 2 aliphatic rings. The maximum Gasteiger partial charge on any atom is 0.276 e. The maximum absolute atomic E-state index is 14.0. The van der Waals surface area contributed by atoms with Crippen LogP contribution in [0.4, 0.5) is 5.69 Å². The molecule has 0 unspecified atom stereocenters. The Morgan fingerprint density at radius 1 is 1.06 bits per heavy atom. The molecule has 2 aromatic heterocycles. The normalized spacial score (nSPS) is 21.8. The Morgan fingerprint density at radius 3 is 2.52 bits per heavy atom. The molecule has 1 aromatic carbocycles. The molecular weight excluding hydrogens is 414 g/mol. The highest BCUT2D eigenvalue weighted by Crippen LogP contribution is 2.38. The Kier molecular flexibility index (Phi) is 5.34. The van der Waals surface area contributed by atoms with Gasteiger partial charge in [0.1, 0.15) is 17.0 Å². The average Bonchev–Trinajstić information content (AvgIpc) is 3.16. The van der Waals surface area contributed by atoms with Gasteiger partial charge >= 0.3 is 0 Å². The fourth-order valence-corrected chi connectivity index (χ4v) is 5.50. The lowest BCUT2D eigenvalue weighted by molar-refractivity contribution is -0.127. The summed E-state index contributed by atoms with van der Waals surface area (Å²) in [6.07, 6.45) is 6.72. The van der Waals surface area contributed by atoms with E-state index < -0.39 is 5.54 Å². The van der Waals surface area contributed by atoms with Gasteiger partial charge in [-0.25, -0.2) is 0 Å². The van der Waals surface area contributed by atoms with Crippen molar-refractivity contribution in [2.24, 2.45) is 0 Å². The van der Waals surface area contributed by atoms with E-state index in [1.165, 1.54) is 12.8 Å². The van der Waals surface area contributed by atoms with Crippen molar-refractivity contribution in [3.05, 3.63) is 52.9 Å². The first kappa shape index (κ1) is 21.8. The zero-order chi connectivity index (χ0) is 23.3. The van der Waals surface area contributed by atoms with E-state index in [-0.39, 0.29) is 17.9 Å². The first-order valence-electron chi connectivity index (χ1n) is 12.1. The van der Waals surface area contributed by atoms with Crippen LogP contribution in [0.3, 0.4) is 0 Å². The highest BCUT2D eigenvalue weighted by atomic mass is 16.3. The number of aromatic nitrogens is 1. The Balaban J connectivity index is 1.62. The number of carbonyl (C=O) groups excluding carboxylic acids is 2. The molecule has 0 bridgehead atoms. The van der Waals surface area contributed by atoms with Crippen molar-refractivity contribution in [2.45, 2.75) is 84.3 Å². The van der Waals surface area contributed by atoms with Crippen LogP contribution >= 0.6 is 0 Å². The van der Waals surface area contributed by atoms with E-state index >= 15 is 0 Å². The number of aryl methyl sites for hydroxylation is 3. The van der Waals surface area contributed by atoms with Gasteiger partial charge in [-0.3, -0.25) is 14.5 Å². The lowest BCUT2D eigenvalue weighted by atomic mass is 9.91. The standard InChI is InChI=1S/C27H33N3O3/c1-17-11-12-18(2)21(13-17)30-25(31)23-15-24-22(14-19(3)33-24)29(23)16-27(30,4)26(32)28-20-9-7-5-6-8-10-20/h11-15,20H,5-10,16H2,1-4H3,(H,28,32)/t27-/m0/s1. The SMILES string of the molecule is Cc1ccc(C)c(N2C(=O)c3cc4oc(C)cc4n3C[C@@]2(C)C(=O)NC2CCCCCC2)c1. The second-order valence-corrected chi connectivity index (χ2v) is 10.1. The summed E-state index contributed by atoms with van der Waals surface area (Å²) in [5, 5.41) is 3.33. The van der Waals surface area contributed by atoms with Gasteiger partial charge in [0, 0.05) is 23.9 Å². The number of fused-ring (bicyclic) bond motifs is 3. The highest BCUT2D eigenvalue weighted by molar-refractivity contribution is 6.14. The molecule has 6 heteroatoms. The molecular formula is C27H33N3O3. The molecule has 2 amide bonds. The van der Waals surface area contributed by atoms with Crippen LogP contribution in [0.25, 0.3) is 11.1 Å². The smallest absolute Gasteiger partial charge is 0.276 e. The van der Waals surface area contributed by atoms with E-state index in [9.17, 15) is 9.59 Å². The summed E-state index contributed by atoms with van der Waals surface area (Å²) in [5.74, 6) is 0.540. The summed E-state index contributed by atoms with van der Waals surface area (Å²) in [7, 11) is 0. The van der Waals surface area contributed by atoms with Crippen molar-refractivity contribution >= 4 is 28.6 Å². The number of hydrogen-bond donors (Lipinski definition) is 1. The second kappa shape index (κ2) is 8.08. The number of nitrogens with zero attached hydrogens (tertiary/aromatic N) is 2. The van der Waals surface area contributed by atoms with Crippen LogP contribution < -0.4 is 10.2 Å². The van der Waals surface area contributed by atoms with Gasteiger partial charge in [-0.1, -0.05) is 37.8 Å². The van der Waals surface area contributed by atoms with Crippen molar-refractivity contribution < 1.29 is 14.0 Å². The molecule has 1 saturated carbocycles. The van der Waals surface area contributed by atoms with Crippen molar-refractivity contribution in [3.63, 3.8) is 0 Å². The molecule has 5 rings (SSSR count).